The third kappa shape index (κ3) is 4.33. The van der Waals surface area contributed by atoms with Crippen LogP contribution < -0.4 is 10.1 Å². The maximum atomic E-state index is 13.4. The van der Waals surface area contributed by atoms with Crippen LogP contribution in [0.4, 0.5) is 4.39 Å². The van der Waals surface area contributed by atoms with Gasteiger partial charge in [0, 0.05) is 42.6 Å². The minimum absolute atomic E-state index is 0.129. The lowest BCUT2D eigenvalue weighted by Gasteiger charge is -2.22. The van der Waals surface area contributed by atoms with Crippen LogP contribution in [0.25, 0.3) is 11.1 Å². The molecular formula is C19H21FN2O3. The van der Waals surface area contributed by atoms with Crippen LogP contribution in [0, 0.1) is 5.82 Å². The minimum Gasteiger partial charge on any atom is -0.493 e. The molecule has 3 rings (SSSR count). The van der Waals surface area contributed by atoms with Gasteiger partial charge in [0.2, 0.25) is 0 Å². The molecule has 25 heavy (non-hydrogen) atoms. The van der Waals surface area contributed by atoms with Gasteiger partial charge in [-0.2, -0.15) is 0 Å². The van der Waals surface area contributed by atoms with Crippen molar-refractivity contribution in [2.75, 3.05) is 19.8 Å². The quantitative estimate of drug-likeness (QED) is 0.905. The SMILES string of the molecule is CCOc1cc(F)ccc1-c1ccc(C(=O)NC2CCOCC2)nc1. The van der Waals surface area contributed by atoms with Crippen LogP contribution in [0.3, 0.4) is 0 Å². The van der Waals surface area contributed by atoms with Crippen LogP contribution in [0.15, 0.2) is 36.5 Å². The first-order valence-corrected chi connectivity index (χ1v) is 8.44. The van der Waals surface area contributed by atoms with Crippen LogP contribution >= 0.6 is 0 Å². The van der Waals surface area contributed by atoms with E-state index in [2.05, 4.69) is 10.3 Å². The van der Waals surface area contributed by atoms with Gasteiger partial charge in [-0.25, -0.2) is 4.39 Å². The maximum absolute atomic E-state index is 13.4. The van der Waals surface area contributed by atoms with Gasteiger partial charge >= 0.3 is 0 Å². The Morgan fingerprint density at radius 3 is 2.80 bits per heavy atom. The molecule has 1 amide bonds. The van der Waals surface area contributed by atoms with Gasteiger partial charge in [0.15, 0.2) is 0 Å². The number of ether oxygens (including phenoxy) is 2. The number of hydrogen-bond acceptors (Lipinski definition) is 4. The Bertz CT molecular complexity index is 728. The molecule has 1 aliphatic rings. The first kappa shape index (κ1) is 17.4. The molecule has 6 heteroatoms. The van der Waals surface area contributed by atoms with Gasteiger partial charge in [0.05, 0.1) is 6.61 Å². The summed E-state index contributed by atoms with van der Waals surface area (Å²) in [5, 5.41) is 2.98. The van der Waals surface area contributed by atoms with Gasteiger partial charge in [-0.05, 0) is 38.0 Å². The molecule has 0 unspecified atom stereocenters. The summed E-state index contributed by atoms with van der Waals surface area (Å²) in [4.78, 5) is 16.5. The fraction of sp³-hybridized carbons (Fsp3) is 0.368. The van der Waals surface area contributed by atoms with Crippen LogP contribution in [0.2, 0.25) is 0 Å². The van der Waals surface area contributed by atoms with Gasteiger partial charge in [-0.15, -0.1) is 0 Å². The summed E-state index contributed by atoms with van der Waals surface area (Å²) < 4.78 is 24.2. The Kier molecular flexibility index (Phi) is 5.60. The molecule has 132 valence electrons. The molecule has 5 nitrogen and oxygen atoms in total. The van der Waals surface area contributed by atoms with Crippen molar-refractivity contribution in [3.05, 3.63) is 48.0 Å². The lowest BCUT2D eigenvalue weighted by molar-refractivity contribution is 0.0694. The highest BCUT2D eigenvalue weighted by molar-refractivity contribution is 5.92. The Hall–Kier alpha value is -2.47. The van der Waals surface area contributed by atoms with Crippen molar-refractivity contribution in [3.8, 4) is 16.9 Å². The van der Waals surface area contributed by atoms with Gasteiger partial charge in [-0.1, -0.05) is 6.07 Å². The van der Waals surface area contributed by atoms with E-state index in [1.54, 1.807) is 24.4 Å². The van der Waals surface area contributed by atoms with Crippen molar-refractivity contribution in [2.24, 2.45) is 0 Å². The molecule has 1 N–H and O–H groups in total. The number of amides is 1. The van der Waals surface area contributed by atoms with Crippen molar-refractivity contribution in [1.29, 1.82) is 0 Å². The van der Waals surface area contributed by atoms with Crippen LogP contribution in [-0.2, 0) is 4.74 Å². The summed E-state index contributed by atoms with van der Waals surface area (Å²) in [7, 11) is 0. The second-order valence-corrected chi connectivity index (χ2v) is 5.87. The predicted octanol–water partition coefficient (Wildman–Crippen LogP) is 3.20. The number of carbonyl (C=O) groups is 1. The first-order chi connectivity index (χ1) is 12.2. The first-order valence-electron chi connectivity index (χ1n) is 8.44. The molecule has 0 atom stereocenters. The van der Waals surface area contributed by atoms with Crippen LogP contribution in [0.1, 0.15) is 30.3 Å². The Morgan fingerprint density at radius 1 is 1.32 bits per heavy atom. The van der Waals surface area contributed by atoms with Crippen molar-refractivity contribution < 1.29 is 18.7 Å². The Balaban J connectivity index is 1.74. The van der Waals surface area contributed by atoms with Gasteiger partial charge < -0.3 is 14.8 Å². The van der Waals surface area contributed by atoms with E-state index in [1.807, 2.05) is 6.92 Å². The summed E-state index contributed by atoms with van der Waals surface area (Å²) in [6.07, 6.45) is 3.24. The van der Waals surface area contributed by atoms with E-state index in [0.717, 1.165) is 24.0 Å². The molecule has 0 saturated carbocycles. The average Bonchev–Trinajstić information content (AvgIpc) is 2.63. The van der Waals surface area contributed by atoms with Crippen molar-refractivity contribution >= 4 is 5.91 Å². The molecule has 1 aliphatic heterocycles. The van der Waals surface area contributed by atoms with E-state index < -0.39 is 0 Å². The number of nitrogens with zero attached hydrogens (tertiary/aromatic N) is 1. The molecule has 0 aliphatic carbocycles. The molecule has 1 saturated heterocycles. The number of aromatic nitrogens is 1. The number of nitrogens with one attached hydrogen (secondary N) is 1. The zero-order valence-electron chi connectivity index (χ0n) is 14.1. The molecule has 0 spiro atoms. The zero-order chi connectivity index (χ0) is 17.6. The standard InChI is InChI=1S/C19H21FN2O3/c1-2-25-18-11-14(20)4-5-16(18)13-3-6-17(21-12-13)19(23)22-15-7-9-24-10-8-15/h3-6,11-12,15H,2,7-10H2,1H3,(H,22,23). The van der Waals surface area contributed by atoms with Gasteiger partial charge in [0.1, 0.15) is 17.3 Å². The van der Waals surface area contributed by atoms with Crippen LogP contribution in [-0.4, -0.2) is 36.8 Å². The summed E-state index contributed by atoms with van der Waals surface area (Å²) in [6, 6.07) is 7.97. The van der Waals surface area contributed by atoms with Gasteiger partial charge in [0.25, 0.3) is 5.91 Å². The number of hydrogen-bond donors (Lipinski definition) is 1. The summed E-state index contributed by atoms with van der Waals surface area (Å²) in [5.74, 6) is -0.0843. The second kappa shape index (κ2) is 8.07. The number of carbonyl (C=O) groups excluding carboxylic acids is 1. The van der Waals surface area contributed by atoms with Crippen molar-refractivity contribution in [3.63, 3.8) is 0 Å². The van der Waals surface area contributed by atoms with Crippen molar-refractivity contribution in [2.45, 2.75) is 25.8 Å². The largest absolute Gasteiger partial charge is 0.493 e. The molecule has 2 heterocycles. The molecule has 0 radical (unpaired) electrons. The fourth-order valence-electron chi connectivity index (χ4n) is 2.80. The van der Waals surface area contributed by atoms with E-state index in [9.17, 15) is 9.18 Å². The monoisotopic (exact) mass is 344 g/mol. The number of pyridine rings is 1. The summed E-state index contributed by atoms with van der Waals surface area (Å²) in [6.45, 7) is 3.62. The third-order valence-corrected chi connectivity index (χ3v) is 4.11. The van der Waals surface area contributed by atoms with E-state index >= 15 is 0 Å². The van der Waals surface area contributed by atoms with E-state index in [0.29, 0.717) is 31.3 Å². The highest BCUT2D eigenvalue weighted by Crippen LogP contribution is 2.30. The molecule has 0 bridgehead atoms. The topological polar surface area (TPSA) is 60.5 Å². The normalized spacial score (nSPS) is 15.0. The number of benzene rings is 1. The van der Waals surface area contributed by atoms with Crippen molar-refractivity contribution in [1.82, 2.24) is 10.3 Å². The lowest BCUT2D eigenvalue weighted by atomic mass is 10.1. The van der Waals surface area contributed by atoms with E-state index in [-0.39, 0.29) is 17.8 Å². The molecule has 1 aromatic heterocycles. The number of rotatable bonds is 5. The summed E-state index contributed by atoms with van der Waals surface area (Å²) >= 11 is 0. The molecule has 1 aromatic carbocycles. The average molecular weight is 344 g/mol. The smallest absolute Gasteiger partial charge is 0.270 e. The fourth-order valence-corrected chi connectivity index (χ4v) is 2.80. The Labute approximate surface area is 146 Å². The van der Waals surface area contributed by atoms with E-state index in [1.165, 1.54) is 12.1 Å². The highest BCUT2D eigenvalue weighted by atomic mass is 19.1. The molecular weight excluding hydrogens is 323 g/mol. The maximum Gasteiger partial charge on any atom is 0.270 e. The highest BCUT2D eigenvalue weighted by Gasteiger charge is 2.18. The summed E-state index contributed by atoms with van der Waals surface area (Å²) in [5.41, 5.74) is 1.87. The zero-order valence-corrected chi connectivity index (χ0v) is 14.1. The lowest BCUT2D eigenvalue weighted by Crippen LogP contribution is -2.39. The predicted molar refractivity (Wildman–Crippen MR) is 92.1 cm³/mol. The second-order valence-electron chi connectivity index (χ2n) is 5.87. The minimum atomic E-state index is -0.354. The van der Waals surface area contributed by atoms with Crippen LogP contribution in [0.5, 0.6) is 5.75 Å². The Morgan fingerprint density at radius 2 is 2.12 bits per heavy atom. The molecule has 2 aromatic rings. The third-order valence-electron chi connectivity index (χ3n) is 4.11. The number of halogens is 1. The van der Waals surface area contributed by atoms with Gasteiger partial charge in [-0.3, -0.25) is 9.78 Å². The van der Waals surface area contributed by atoms with E-state index in [4.69, 9.17) is 9.47 Å². The molecule has 1 fully saturated rings.